The molecule has 0 spiro atoms. The maximum absolute atomic E-state index is 12.7. The number of carbonyl (C=O) groups is 2. The Morgan fingerprint density at radius 1 is 1.13 bits per heavy atom. The molecule has 0 bridgehead atoms. The number of aryl methyl sites for hydroxylation is 2. The van der Waals surface area contributed by atoms with Crippen LogP contribution >= 0.6 is 22.7 Å². The minimum Gasteiger partial charge on any atom is -0.469 e. The van der Waals surface area contributed by atoms with Crippen molar-refractivity contribution in [3.8, 4) is 0 Å². The van der Waals surface area contributed by atoms with Gasteiger partial charge >= 0.3 is 0 Å². The third kappa shape index (κ3) is 5.38. The number of furan rings is 1. The van der Waals surface area contributed by atoms with E-state index in [2.05, 4.69) is 32.5 Å². The first kappa shape index (κ1) is 21.7. The lowest BCUT2D eigenvalue weighted by Gasteiger charge is -2.34. The van der Waals surface area contributed by atoms with Crippen LogP contribution in [0.15, 0.2) is 27.5 Å². The van der Waals surface area contributed by atoms with Crippen molar-refractivity contribution in [3.63, 3.8) is 0 Å². The molecule has 0 saturated carbocycles. The summed E-state index contributed by atoms with van der Waals surface area (Å²) in [5.41, 5.74) is 2.27. The van der Waals surface area contributed by atoms with Crippen molar-refractivity contribution in [2.24, 2.45) is 0 Å². The predicted molar refractivity (Wildman–Crippen MR) is 121 cm³/mol. The van der Waals surface area contributed by atoms with Crippen molar-refractivity contribution in [1.82, 2.24) is 19.8 Å². The minimum atomic E-state index is -0.263. The summed E-state index contributed by atoms with van der Waals surface area (Å²) >= 11 is 3.03. The Labute approximate surface area is 188 Å². The number of rotatable bonds is 7. The molecule has 1 saturated heterocycles. The van der Waals surface area contributed by atoms with Gasteiger partial charge in [-0.1, -0.05) is 6.92 Å². The average Bonchev–Trinajstić information content (AvgIpc) is 3.50. The molecule has 31 heavy (non-hydrogen) atoms. The number of amides is 2. The average molecular weight is 460 g/mol. The quantitative estimate of drug-likeness (QED) is 0.583. The second-order valence-electron chi connectivity index (χ2n) is 7.41. The smallest absolute Gasteiger partial charge is 0.260 e. The third-order valence-corrected chi connectivity index (χ3v) is 7.07. The summed E-state index contributed by atoms with van der Waals surface area (Å²) in [7, 11) is 0. The van der Waals surface area contributed by atoms with Gasteiger partial charge in [-0.2, -0.15) is 0 Å². The zero-order chi connectivity index (χ0) is 21.8. The molecule has 1 fully saturated rings. The minimum absolute atomic E-state index is 0.0652. The first-order chi connectivity index (χ1) is 15.0. The van der Waals surface area contributed by atoms with Crippen LogP contribution in [0.4, 0.5) is 5.13 Å². The second kappa shape index (κ2) is 9.71. The Morgan fingerprint density at radius 3 is 2.58 bits per heavy atom. The Hall–Kier alpha value is -2.56. The molecule has 4 rings (SSSR count). The molecule has 0 atom stereocenters. The number of nitrogens with one attached hydrogen (secondary N) is 1. The Kier molecular flexibility index (Phi) is 6.79. The monoisotopic (exact) mass is 459 g/mol. The van der Waals surface area contributed by atoms with E-state index in [1.165, 1.54) is 22.6 Å². The highest BCUT2D eigenvalue weighted by Gasteiger charge is 2.23. The summed E-state index contributed by atoms with van der Waals surface area (Å²) in [6, 6.07) is 1.62. The summed E-state index contributed by atoms with van der Waals surface area (Å²) < 4.78 is 5.16. The molecular weight excluding hydrogens is 434 g/mol. The molecule has 3 aromatic heterocycles. The maximum atomic E-state index is 12.7. The number of hydrogen-bond donors (Lipinski definition) is 1. The first-order valence-electron chi connectivity index (χ1n) is 10.2. The number of thiazole rings is 2. The second-order valence-corrected chi connectivity index (χ2v) is 9.21. The maximum Gasteiger partial charge on any atom is 0.260 e. The van der Waals surface area contributed by atoms with Gasteiger partial charge in [0.25, 0.3) is 5.91 Å². The number of nitrogens with zero attached hydrogens (tertiary/aromatic N) is 4. The van der Waals surface area contributed by atoms with Crippen molar-refractivity contribution >= 4 is 39.6 Å². The van der Waals surface area contributed by atoms with Gasteiger partial charge in [-0.3, -0.25) is 19.8 Å². The molecule has 3 aromatic rings. The van der Waals surface area contributed by atoms with Crippen LogP contribution in [0.2, 0.25) is 0 Å². The number of anilines is 1. The lowest BCUT2D eigenvalue weighted by Crippen LogP contribution is -2.48. The van der Waals surface area contributed by atoms with Crippen molar-refractivity contribution in [1.29, 1.82) is 0 Å². The highest BCUT2D eigenvalue weighted by molar-refractivity contribution is 7.14. The van der Waals surface area contributed by atoms with Gasteiger partial charge in [0, 0.05) is 43.5 Å². The Morgan fingerprint density at radius 2 is 1.90 bits per heavy atom. The van der Waals surface area contributed by atoms with Gasteiger partial charge in [-0.05, 0) is 19.4 Å². The standard InChI is InChI=1S/C21H25N5O3S2/c1-3-18-22-16(13-30-18)11-25-5-7-26(8-6-25)19(27)10-15-12-31-21(23-15)24-20(28)17-4-9-29-14(17)2/h4,9,12-13H,3,5-8,10-11H2,1-2H3,(H,23,24,28). The van der Waals surface area contributed by atoms with Gasteiger partial charge in [-0.15, -0.1) is 22.7 Å². The molecule has 4 heterocycles. The van der Waals surface area contributed by atoms with Crippen LogP contribution in [0.25, 0.3) is 0 Å². The lowest BCUT2D eigenvalue weighted by atomic mass is 10.2. The van der Waals surface area contributed by atoms with Gasteiger partial charge in [0.05, 0.1) is 34.6 Å². The normalized spacial score (nSPS) is 14.7. The van der Waals surface area contributed by atoms with Crippen LogP contribution < -0.4 is 5.32 Å². The fourth-order valence-electron chi connectivity index (χ4n) is 3.47. The molecule has 0 radical (unpaired) electrons. The van der Waals surface area contributed by atoms with E-state index in [0.717, 1.165) is 31.7 Å². The first-order valence-corrected chi connectivity index (χ1v) is 12.0. The van der Waals surface area contributed by atoms with Gasteiger partial charge in [0.15, 0.2) is 5.13 Å². The lowest BCUT2D eigenvalue weighted by molar-refractivity contribution is -0.132. The van der Waals surface area contributed by atoms with Crippen molar-refractivity contribution in [3.05, 3.63) is 50.8 Å². The summed E-state index contributed by atoms with van der Waals surface area (Å²) in [4.78, 5) is 38.2. The van der Waals surface area contributed by atoms with E-state index < -0.39 is 0 Å². The van der Waals surface area contributed by atoms with Crippen molar-refractivity contribution < 1.29 is 14.0 Å². The molecule has 0 unspecified atom stereocenters. The topological polar surface area (TPSA) is 91.6 Å². The van der Waals surface area contributed by atoms with Crippen LogP contribution in [0.1, 0.15) is 39.4 Å². The molecule has 8 nitrogen and oxygen atoms in total. The van der Waals surface area contributed by atoms with Crippen molar-refractivity contribution in [2.45, 2.75) is 33.2 Å². The highest BCUT2D eigenvalue weighted by Crippen LogP contribution is 2.19. The van der Waals surface area contributed by atoms with E-state index in [-0.39, 0.29) is 18.2 Å². The third-order valence-electron chi connectivity index (χ3n) is 5.22. The molecule has 2 amide bonds. The van der Waals surface area contributed by atoms with Gasteiger partial charge in [0.2, 0.25) is 5.91 Å². The summed E-state index contributed by atoms with van der Waals surface area (Å²) in [6.07, 6.45) is 2.69. The molecular formula is C21H25N5O3S2. The van der Waals surface area contributed by atoms with Crippen LogP contribution in [-0.2, 0) is 24.2 Å². The fraction of sp³-hybridized carbons (Fsp3) is 0.429. The zero-order valence-electron chi connectivity index (χ0n) is 17.6. The number of piperazine rings is 1. The Bertz CT molecular complexity index is 1050. The number of carbonyl (C=O) groups excluding carboxylic acids is 2. The van der Waals surface area contributed by atoms with Gasteiger partial charge in [-0.25, -0.2) is 9.97 Å². The van der Waals surface area contributed by atoms with Gasteiger partial charge < -0.3 is 9.32 Å². The summed E-state index contributed by atoms with van der Waals surface area (Å²) in [6.45, 7) is 7.78. The molecule has 1 N–H and O–H groups in total. The predicted octanol–water partition coefficient (Wildman–Crippen LogP) is 3.20. The van der Waals surface area contributed by atoms with E-state index in [9.17, 15) is 9.59 Å². The van der Waals surface area contributed by atoms with Crippen LogP contribution in [0, 0.1) is 6.92 Å². The molecule has 1 aliphatic rings. The van der Waals surface area contributed by atoms with Crippen LogP contribution in [0.3, 0.4) is 0 Å². The largest absolute Gasteiger partial charge is 0.469 e. The molecule has 0 aliphatic carbocycles. The summed E-state index contributed by atoms with van der Waals surface area (Å²) in [5, 5.41) is 8.36. The molecule has 164 valence electrons. The van der Waals surface area contributed by atoms with Gasteiger partial charge in [0.1, 0.15) is 5.76 Å². The van der Waals surface area contributed by atoms with Crippen LogP contribution in [-0.4, -0.2) is 57.8 Å². The number of aromatic nitrogens is 2. The number of hydrogen-bond acceptors (Lipinski definition) is 8. The molecule has 0 aromatic carbocycles. The van der Waals surface area contributed by atoms with E-state index in [4.69, 9.17) is 4.42 Å². The van der Waals surface area contributed by atoms with E-state index in [0.29, 0.717) is 35.2 Å². The van der Waals surface area contributed by atoms with E-state index >= 15 is 0 Å². The fourth-order valence-corrected chi connectivity index (χ4v) is 4.91. The van der Waals surface area contributed by atoms with E-state index in [1.807, 2.05) is 10.3 Å². The molecule has 10 heteroatoms. The van der Waals surface area contributed by atoms with E-state index in [1.54, 1.807) is 24.3 Å². The van der Waals surface area contributed by atoms with Crippen LogP contribution in [0.5, 0.6) is 0 Å². The summed E-state index contributed by atoms with van der Waals surface area (Å²) in [5.74, 6) is 0.361. The SMILES string of the molecule is CCc1nc(CN2CCN(C(=O)Cc3csc(NC(=O)c4ccoc4C)n3)CC2)cs1. The zero-order valence-corrected chi connectivity index (χ0v) is 19.2. The van der Waals surface area contributed by atoms with Crippen molar-refractivity contribution in [2.75, 3.05) is 31.5 Å². The highest BCUT2D eigenvalue weighted by atomic mass is 32.1. The Balaban J connectivity index is 1.25. The molecule has 1 aliphatic heterocycles.